The molecule has 2 heterocycles. The number of nitrogens with zero attached hydrogens (tertiary/aromatic N) is 2. The van der Waals surface area contributed by atoms with Crippen LogP contribution >= 0.6 is 15.9 Å². The molecule has 8 nitrogen and oxygen atoms in total. The lowest BCUT2D eigenvalue weighted by molar-refractivity contribution is -0.192. The molecule has 5 rings (SSSR count). The van der Waals surface area contributed by atoms with Crippen molar-refractivity contribution in [3.8, 4) is 0 Å². The third kappa shape index (κ3) is 6.73. The highest BCUT2D eigenvalue weighted by Crippen LogP contribution is 2.36. The fraction of sp³-hybridized carbons (Fsp3) is 0.321. The van der Waals surface area contributed by atoms with Gasteiger partial charge in [-0.05, 0) is 60.0 Å². The number of amides is 2. The van der Waals surface area contributed by atoms with Crippen molar-refractivity contribution in [3.63, 3.8) is 0 Å². The predicted octanol–water partition coefficient (Wildman–Crippen LogP) is 4.39. The van der Waals surface area contributed by atoms with Crippen molar-refractivity contribution in [1.29, 1.82) is 0 Å². The zero-order chi connectivity index (χ0) is 28.9. The van der Waals surface area contributed by atoms with Gasteiger partial charge in [-0.3, -0.25) is 9.59 Å². The maximum absolute atomic E-state index is 12.8. The van der Waals surface area contributed by atoms with Gasteiger partial charge in [0.25, 0.3) is 5.91 Å². The Kier molecular flexibility index (Phi) is 8.99. The van der Waals surface area contributed by atoms with Crippen LogP contribution in [-0.4, -0.2) is 72.4 Å². The van der Waals surface area contributed by atoms with Gasteiger partial charge in [-0.15, -0.1) is 0 Å². The van der Waals surface area contributed by atoms with Gasteiger partial charge in [0.15, 0.2) is 0 Å². The topological polar surface area (TPSA) is 102 Å². The highest BCUT2D eigenvalue weighted by atomic mass is 79.9. The normalized spacial score (nSPS) is 16.8. The molecule has 1 spiro atoms. The molecular formula is C28H28BrF3N4O4. The summed E-state index contributed by atoms with van der Waals surface area (Å²) in [4.78, 5) is 38.9. The number of hydrogen-bond donors (Lipinski definition) is 3. The molecule has 0 aromatic heterocycles. The molecule has 0 radical (unpaired) electrons. The molecule has 2 aliphatic rings. The number of carboxylic acids is 1. The van der Waals surface area contributed by atoms with Gasteiger partial charge in [0.05, 0.1) is 6.67 Å². The van der Waals surface area contributed by atoms with E-state index >= 15 is 0 Å². The van der Waals surface area contributed by atoms with Crippen molar-refractivity contribution in [2.24, 2.45) is 0 Å². The van der Waals surface area contributed by atoms with Gasteiger partial charge >= 0.3 is 12.1 Å². The number of nitrogens with one attached hydrogen (secondary N) is 2. The summed E-state index contributed by atoms with van der Waals surface area (Å²) < 4.78 is 32.8. The number of aliphatic carboxylic acids is 1. The lowest BCUT2D eigenvalue weighted by Gasteiger charge is -2.43. The Morgan fingerprint density at radius 2 is 1.62 bits per heavy atom. The third-order valence-corrected chi connectivity index (χ3v) is 7.65. The van der Waals surface area contributed by atoms with Crippen LogP contribution in [0.4, 0.5) is 18.9 Å². The average molecular weight is 621 g/mol. The lowest BCUT2D eigenvalue weighted by Crippen LogP contribution is -2.57. The van der Waals surface area contributed by atoms with E-state index in [2.05, 4.69) is 48.5 Å². The quantitative estimate of drug-likeness (QED) is 0.391. The summed E-state index contributed by atoms with van der Waals surface area (Å²) in [5.41, 5.74) is 1.25. The van der Waals surface area contributed by atoms with Gasteiger partial charge in [-0.1, -0.05) is 46.3 Å². The fourth-order valence-electron chi connectivity index (χ4n) is 4.95. The molecule has 12 heteroatoms. The largest absolute Gasteiger partial charge is 0.490 e. The number of rotatable bonds is 5. The van der Waals surface area contributed by atoms with E-state index in [0.717, 1.165) is 53.4 Å². The minimum atomic E-state index is -5.08. The number of alkyl halides is 3. The first-order valence-corrected chi connectivity index (χ1v) is 13.4. The van der Waals surface area contributed by atoms with Crippen molar-refractivity contribution in [2.75, 3.05) is 37.7 Å². The summed E-state index contributed by atoms with van der Waals surface area (Å²) in [5, 5.41) is 15.4. The van der Waals surface area contributed by atoms with Crippen molar-refractivity contribution in [3.05, 3.63) is 76.8 Å². The first kappa shape index (κ1) is 29.3. The molecule has 2 amide bonds. The van der Waals surface area contributed by atoms with E-state index in [9.17, 15) is 22.8 Å². The van der Waals surface area contributed by atoms with E-state index in [4.69, 9.17) is 9.90 Å². The van der Waals surface area contributed by atoms with E-state index < -0.39 is 17.7 Å². The third-order valence-electron chi connectivity index (χ3n) is 7.13. The van der Waals surface area contributed by atoms with Crippen molar-refractivity contribution in [1.82, 2.24) is 15.5 Å². The molecule has 40 heavy (non-hydrogen) atoms. The van der Waals surface area contributed by atoms with E-state index in [1.54, 1.807) is 0 Å². The highest BCUT2D eigenvalue weighted by Gasteiger charge is 2.50. The zero-order valence-electron chi connectivity index (χ0n) is 21.4. The lowest BCUT2D eigenvalue weighted by atomic mass is 9.85. The number of likely N-dealkylation sites (tertiary alicyclic amines) is 1. The second-order valence-corrected chi connectivity index (χ2v) is 10.5. The van der Waals surface area contributed by atoms with Crippen LogP contribution in [0.5, 0.6) is 0 Å². The molecular weight excluding hydrogens is 593 g/mol. The predicted molar refractivity (Wildman–Crippen MR) is 148 cm³/mol. The molecule has 0 aliphatic carbocycles. The van der Waals surface area contributed by atoms with Crippen LogP contribution in [0.1, 0.15) is 23.2 Å². The summed E-state index contributed by atoms with van der Waals surface area (Å²) >= 11 is 3.48. The molecule has 0 saturated carbocycles. The van der Waals surface area contributed by atoms with Gasteiger partial charge in [0, 0.05) is 41.9 Å². The van der Waals surface area contributed by atoms with Crippen LogP contribution in [0.3, 0.4) is 0 Å². The van der Waals surface area contributed by atoms with Crippen LogP contribution in [0.15, 0.2) is 71.2 Å². The Labute approximate surface area is 237 Å². The second-order valence-electron chi connectivity index (χ2n) is 9.56. The number of carboxylic acid groups (broad SMARTS) is 1. The van der Waals surface area contributed by atoms with E-state index in [-0.39, 0.29) is 11.8 Å². The number of carbonyl (C=O) groups excluding carboxylic acids is 2. The van der Waals surface area contributed by atoms with Crippen molar-refractivity contribution >= 4 is 50.2 Å². The summed E-state index contributed by atoms with van der Waals surface area (Å²) in [5.74, 6) is -2.69. The van der Waals surface area contributed by atoms with E-state index in [0.29, 0.717) is 18.8 Å². The molecule has 2 aliphatic heterocycles. The summed E-state index contributed by atoms with van der Waals surface area (Å²) in [6, 6.07) is 22.0. The molecule has 0 bridgehead atoms. The Morgan fingerprint density at radius 3 is 2.25 bits per heavy atom. The number of anilines is 1. The molecule has 3 aromatic carbocycles. The Morgan fingerprint density at radius 1 is 1.00 bits per heavy atom. The number of carbonyl (C=O) groups is 3. The van der Waals surface area contributed by atoms with Crippen LogP contribution in [-0.2, 0) is 9.59 Å². The monoisotopic (exact) mass is 620 g/mol. The first-order chi connectivity index (χ1) is 19.0. The second kappa shape index (κ2) is 12.3. The smallest absolute Gasteiger partial charge is 0.475 e. The Balaban J connectivity index is 0.000000470. The van der Waals surface area contributed by atoms with Gasteiger partial charge in [-0.2, -0.15) is 13.2 Å². The van der Waals surface area contributed by atoms with Gasteiger partial charge in [0.1, 0.15) is 5.54 Å². The minimum absolute atomic E-state index is 0.0502. The van der Waals surface area contributed by atoms with E-state index in [1.807, 2.05) is 54.6 Å². The van der Waals surface area contributed by atoms with Crippen LogP contribution in [0, 0.1) is 0 Å². The molecule has 2 fully saturated rings. The fourth-order valence-corrected chi connectivity index (χ4v) is 5.22. The summed E-state index contributed by atoms with van der Waals surface area (Å²) in [6.45, 7) is 3.55. The molecule has 0 unspecified atom stereocenters. The maximum Gasteiger partial charge on any atom is 0.490 e. The molecule has 3 aromatic rings. The highest BCUT2D eigenvalue weighted by molar-refractivity contribution is 9.10. The molecule has 212 valence electrons. The van der Waals surface area contributed by atoms with Gasteiger partial charge in [-0.25, -0.2) is 4.79 Å². The molecule has 3 N–H and O–H groups in total. The summed E-state index contributed by atoms with van der Waals surface area (Å²) in [7, 11) is 0. The molecule has 0 atom stereocenters. The number of halogens is 4. The van der Waals surface area contributed by atoms with Crippen LogP contribution in [0.2, 0.25) is 0 Å². The van der Waals surface area contributed by atoms with Crippen LogP contribution < -0.4 is 15.5 Å². The SMILES string of the molecule is O=C(NCCN1CCC2(CC1)C(=O)NCN2c1ccc(Br)cc1)c1ccc2ccccc2c1.O=C(O)C(F)(F)F. The Bertz CT molecular complexity index is 1380. The average Bonchev–Trinajstić information content (AvgIpc) is 3.24. The maximum atomic E-state index is 12.8. The van der Waals surface area contributed by atoms with E-state index in [1.165, 1.54) is 0 Å². The number of fused-ring (bicyclic) bond motifs is 1. The zero-order valence-corrected chi connectivity index (χ0v) is 23.0. The van der Waals surface area contributed by atoms with Gasteiger partial charge in [0.2, 0.25) is 5.91 Å². The Hall–Kier alpha value is -3.64. The number of piperidine rings is 1. The summed E-state index contributed by atoms with van der Waals surface area (Å²) in [6.07, 6.45) is -3.54. The number of hydrogen-bond acceptors (Lipinski definition) is 5. The van der Waals surface area contributed by atoms with Crippen molar-refractivity contribution in [2.45, 2.75) is 24.6 Å². The molecule has 2 saturated heterocycles. The first-order valence-electron chi connectivity index (χ1n) is 12.6. The van der Waals surface area contributed by atoms with Gasteiger partial charge < -0.3 is 25.5 Å². The minimum Gasteiger partial charge on any atom is -0.475 e. The number of benzene rings is 3. The standard InChI is InChI=1S/C26H27BrN4O2.C2HF3O2/c27-22-7-9-23(10-8-22)31-18-29-25(33)26(31)11-14-30(15-12-26)16-13-28-24(32)21-6-5-19-3-1-2-4-20(19)17-21;3-2(4,5)1(6)7/h1-10,17H,11-16,18H2,(H,28,32)(H,29,33);(H,6,7). The van der Waals surface area contributed by atoms with Crippen LogP contribution in [0.25, 0.3) is 10.8 Å². The van der Waals surface area contributed by atoms with Crippen molar-refractivity contribution < 1.29 is 32.7 Å².